The van der Waals surface area contributed by atoms with Crippen molar-refractivity contribution in [2.24, 2.45) is 0 Å². The highest BCUT2D eigenvalue weighted by atomic mass is 19.1. The van der Waals surface area contributed by atoms with Crippen molar-refractivity contribution in [3.8, 4) is 5.82 Å². The van der Waals surface area contributed by atoms with Crippen LogP contribution in [0.1, 0.15) is 11.3 Å². The molecule has 9 heteroatoms. The molecular weight excluding hydrogens is 378 g/mol. The first-order chi connectivity index (χ1) is 14.0. The van der Waals surface area contributed by atoms with Crippen LogP contribution in [-0.2, 0) is 11.2 Å². The molecule has 1 aliphatic rings. The lowest BCUT2D eigenvalue weighted by molar-refractivity contribution is -0.130. The Labute approximate surface area is 166 Å². The van der Waals surface area contributed by atoms with Crippen molar-refractivity contribution in [3.63, 3.8) is 0 Å². The number of rotatable bonds is 4. The van der Waals surface area contributed by atoms with Gasteiger partial charge in [-0.15, -0.1) is 10.2 Å². The molecule has 2 aromatic heterocycles. The average Bonchev–Trinajstić information content (AvgIpc) is 3.17. The minimum Gasteiger partial charge on any atom is -0.352 e. The molecule has 0 bridgehead atoms. The van der Waals surface area contributed by atoms with Crippen LogP contribution in [0.2, 0.25) is 0 Å². The maximum absolute atomic E-state index is 13.8. The van der Waals surface area contributed by atoms with Gasteiger partial charge in [0.25, 0.3) is 0 Å². The third kappa shape index (κ3) is 4.23. The van der Waals surface area contributed by atoms with Gasteiger partial charge in [-0.1, -0.05) is 6.07 Å². The number of carbonyl (C=O) groups is 1. The summed E-state index contributed by atoms with van der Waals surface area (Å²) in [6.45, 7) is 4.12. The summed E-state index contributed by atoms with van der Waals surface area (Å²) >= 11 is 0. The highest BCUT2D eigenvalue weighted by Gasteiger charge is 2.23. The number of hydrogen-bond acceptors (Lipinski definition) is 5. The van der Waals surface area contributed by atoms with Crippen LogP contribution in [0.15, 0.2) is 42.6 Å². The smallest absolute Gasteiger partial charge is 0.227 e. The first-order valence-electron chi connectivity index (χ1n) is 9.32. The van der Waals surface area contributed by atoms with Crippen LogP contribution < -0.4 is 4.90 Å². The van der Waals surface area contributed by atoms with Crippen molar-refractivity contribution in [2.75, 3.05) is 31.1 Å². The number of aromatic nitrogens is 4. The lowest BCUT2D eigenvalue weighted by Gasteiger charge is -2.35. The molecule has 4 rings (SSSR count). The minimum atomic E-state index is -0.695. The molecule has 1 aromatic carbocycles. The van der Waals surface area contributed by atoms with Crippen LogP contribution in [0.3, 0.4) is 0 Å². The minimum absolute atomic E-state index is 0.0795. The fraction of sp³-hybridized carbons (Fsp3) is 0.300. The van der Waals surface area contributed by atoms with E-state index in [9.17, 15) is 13.6 Å². The quantitative estimate of drug-likeness (QED) is 0.674. The molecule has 0 unspecified atom stereocenters. The first-order valence-corrected chi connectivity index (χ1v) is 9.32. The lowest BCUT2D eigenvalue weighted by Crippen LogP contribution is -2.49. The summed E-state index contributed by atoms with van der Waals surface area (Å²) in [5, 5.41) is 12.8. The Bertz CT molecular complexity index is 1010. The average molecular weight is 398 g/mol. The van der Waals surface area contributed by atoms with Crippen molar-refractivity contribution in [1.82, 2.24) is 24.9 Å². The third-order valence-corrected chi connectivity index (χ3v) is 4.91. The fourth-order valence-corrected chi connectivity index (χ4v) is 3.28. The predicted octanol–water partition coefficient (Wildman–Crippen LogP) is 2.14. The predicted molar refractivity (Wildman–Crippen MR) is 103 cm³/mol. The number of carbonyl (C=O) groups excluding carboxylic acids is 1. The molecular formula is C20H20F2N6O. The van der Waals surface area contributed by atoms with Gasteiger partial charge in [-0.2, -0.15) is 5.10 Å². The van der Waals surface area contributed by atoms with Gasteiger partial charge in [-0.05, 0) is 36.8 Å². The van der Waals surface area contributed by atoms with E-state index >= 15 is 0 Å². The van der Waals surface area contributed by atoms with E-state index in [0.717, 1.165) is 23.6 Å². The zero-order chi connectivity index (χ0) is 20.4. The first kappa shape index (κ1) is 19.0. The number of anilines is 1. The van der Waals surface area contributed by atoms with Gasteiger partial charge in [0.15, 0.2) is 11.6 Å². The number of nitrogens with zero attached hydrogens (tertiary/aromatic N) is 6. The number of piperazine rings is 1. The summed E-state index contributed by atoms with van der Waals surface area (Å²) in [5.74, 6) is -0.154. The summed E-state index contributed by atoms with van der Waals surface area (Å²) in [7, 11) is 0. The zero-order valence-corrected chi connectivity index (χ0v) is 15.9. The lowest BCUT2D eigenvalue weighted by atomic mass is 10.1. The summed E-state index contributed by atoms with van der Waals surface area (Å²) in [4.78, 5) is 16.2. The molecule has 150 valence electrons. The highest BCUT2D eigenvalue weighted by molar-refractivity contribution is 5.79. The van der Waals surface area contributed by atoms with E-state index in [1.807, 2.05) is 36.2 Å². The van der Waals surface area contributed by atoms with Crippen molar-refractivity contribution in [3.05, 3.63) is 65.5 Å². The van der Waals surface area contributed by atoms with Crippen molar-refractivity contribution in [1.29, 1.82) is 0 Å². The van der Waals surface area contributed by atoms with Crippen LogP contribution in [0.4, 0.5) is 14.6 Å². The highest BCUT2D eigenvalue weighted by Crippen LogP contribution is 2.16. The summed E-state index contributed by atoms with van der Waals surface area (Å²) in [5.41, 5.74) is 1.10. The van der Waals surface area contributed by atoms with Crippen LogP contribution in [0.5, 0.6) is 0 Å². The molecule has 3 aromatic rings. The van der Waals surface area contributed by atoms with Gasteiger partial charge in [0.05, 0.1) is 12.1 Å². The van der Waals surface area contributed by atoms with E-state index in [1.165, 1.54) is 6.07 Å². The maximum atomic E-state index is 13.8. The van der Waals surface area contributed by atoms with Crippen LogP contribution in [0.25, 0.3) is 5.82 Å². The Morgan fingerprint density at radius 3 is 2.34 bits per heavy atom. The number of hydrogen-bond donors (Lipinski definition) is 0. The fourth-order valence-electron chi connectivity index (χ4n) is 3.28. The van der Waals surface area contributed by atoms with E-state index in [0.29, 0.717) is 32.0 Å². The van der Waals surface area contributed by atoms with Gasteiger partial charge >= 0.3 is 0 Å². The van der Waals surface area contributed by atoms with Gasteiger partial charge in [-0.3, -0.25) is 4.79 Å². The molecule has 3 heterocycles. The van der Waals surface area contributed by atoms with Gasteiger partial charge in [0.2, 0.25) is 5.91 Å². The Morgan fingerprint density at radius 2 is 1.72 bits per heavy atom. The molecule has 1 amide bonds. The Morgan fingerprint density at radius 1 is 1.00 bits per heavy atom. The molecule has 0 radical (unpaired) electrons. The molecule has 0 N–H and O–H groups in total. The number of amides is 1. The number of aryl methyl sites for hydroxylation is 1. The number of halogens is 2. The molecule has 0 saturated carbocycles. The van der Waals surface area contributed by atoms with E-state index in [1.54, 1.807) is 9.58 Å². The summed E-state index contributed by atoms with van der Waals surface area (Å²) in [6.07, 6.45) is 1.75. The number of benzene rings is 1. The second kappa shape index (κ2) is 7.94. The van der Waals surface area contributed by atoms with Gasteiger partial charge in [0.1, 0.15) is 11.6 Å². The molecule has 7 nitrogen and oxygen atoms in total. The largest absolute Gasteiger partial charge is 0.352 e. The van der Waals surface area contributed by atoms with Crippen molar-refractivity contribution in [2.45, 2.75) is 13.3 Å². The SMILES string of the molecule is Cc1ccn(-c2ccc(N3CCN(C(=O)Cc4ccc(F)cc4F)CC3)nn2)n1. The van der Waals surface area contributed by atoms with Crippen LogP contribution in [-0.4, -0.2) is 57.0 Å². The van der Waals surface area contributed by atoms with Gasteiger partial charge < -0.3 is 9.80 Å². The maximum Gasteiger partial charge on any atom is 0.227 e. The van der Waals surface area contributed by atoms with Gasteiger partial charge in [-0.25, -0.2) is 13.5 Å². The second-order valence-electron chi connectivity index (χ2n) is 6.93. The van der Waals surface area contributed by atoms with Crippen LogP contribution in [0, 0.1) is 18.6 Å². The van der Waals surface area contributed by atoms with E-state index in [-0.39, 0.29) is 17.9 Å². The molecule has 1 fully saturated rings. The topological polar surface area (TPSA) is 67.2 Å². The monoisotopic (exact) mass is 398 g/mol. The molecule has 1 saturated heterocycles. The van der Waals surface area contributed by atoms with Gasteiger partial charge in [0, 0.05) is 38.4 Å². The molecule has 0 atom stereocenters. The van der Waals surface area contributed by atoms with E-state index in [2.05, 4.69) is 15.3 Å². The Kier molecular flexibility index (Phi) is 5.20. The van der Waals surface area contributed by atoms with Crippen molar-refractivity contribution >= 4 is 11.7 Å². The Balaban J connectivity index is 1.34. The molecule has 0 aliphatic carbocycles. The molecule has 29 heavy (non-hydrogen) atoms. The summed E-state index contributed by atoms with van der Waals surface area (Å²) in [6, 6.07) is 8.90. The molecule has 0 spiro atoms. The normalized spacial score (nSPS) is 14.3. The van der Waals surface area contributed by atoms with E-state index in [4.69, 9.17) is 0 Å². The van der Waals surface area contributed by atoms with Crippen LogP contribution >= 0.6 is 0 Å². The third-order valence-electron chi connectivity index (χ3n) is 4.91. The zero-order valence-electron chi connectivity index (χ0n) is 15.9. The standard InChI is InChI=1S/C20H20F2N6O/c1-14-6-7-28(25-14)19-5-4-18(23-24-19)26-8-10-27(11-9-26)20(29)12-15-2-3-16(21)13-17(15)22/h2-7,13H,8-12H2,1H3. The summed E-state index contributed by atoms with van der Waals surface area (Å²) < 4.78 is 28.5. The Hall–Kier alpha value is -3.36. The van der Waals surface area contributed by atoms with Crippen molar-refractivity contribution < 1.29 is 13.6 Å². The van der Waals surface area contributed by atoms with E-state index < -0.39 is 11.6 Å². The second-order valence-corrected chi connectivity index (χ2v) is 6.93. The molecule has 1 aliphatic heterocycles.